The Kier molecular flexibility index (Phi) is 5.37. The first kappa shape index (κ1) is 21.8. The van der Waals surface area contributed by atoms with Crippen molar-refractivity contribution in [3.05, 3.63) is 88.2 Å². The Morgan fingerprint density at radius 1 is 1.09 bits per heavy atom. The molecule has 2 aromatic carbocycles. The highest BCUT2D eigenvalue weighted by Crippen LogP contribution is 2.45. The van der Waals surface area contributed by atoms with Crippen molar-refractivity contribution in [1.82, 2.24) is 9.78 Å². The number of benzene rings is 2. The fourth-order valence-corrected chi connectivity index (χ4v) is 4.39. The maximum atomic E-state index is 12.9. The van der Waals surface area contributed by atoms with Crippen LogP contribution in [-0.4, -0.2) is 26.6 Å². The lowest BCUT2D eigenvalue weighted by Crippen LogP contribution is -2.42. The summed E-state index contributed by atoms with van der Waals surface area (Å²) in [6.07, 6.45) is 8.26. The van der Waals surface area contributed by atoms with Crippen LogP contribution >= 0.6 is 0 Å². The summed E-state index contributed by atoms with van der Waals surface area (Å²) in [6, 6.07) is 13.1. The molecule has 0 radical (unpaired) electrons. The molecular weight excluding hydrogens is 400 g/mol. The highest BCUT2D eigenvalue weighted by molar-refractivity contribution is 5.93. The molecule has 5 nitrogen and oxygen atoms in total. The van der Waals surface area contributed by atoms with Gasteiger partial charge in [0.1, 0.15) is 5.78 Å². The maximum Gasteiger partial charge on any atom is 0.335 e. The molecule has 0 saturated heterocycles. The van der Waals surface area contributed by atoms with E-state index in [9.17, 15) is 9.59 Å². The van der Waals surface area contributed by atoms with E-state index in [0.717, 1.165) is 22.3 Å². The van der Waals surface area contributed by atoms with Crippen LogP contribution in [-0.2, 0) is 22.2 Å². The minimum absolute atomic E-state index is 0.238. The van der Waals surface area contributed by atoms with E-state index >= 15 is 0 Å². The van der Waals surface area contributed by atoms with E-state index in [0.29, 0.717) is 13.0 Å². The van der Waals surface area contributed by atoms with Crippen LogP contribution in [0, 0.1) is 0 Å². The van der Waals surface area contributed by atoms with Gasteiger partial charge in [-0.1, -0.05) is 50.3 Å². The molecular formula is C27H28N2O3. The molecule has 0 amide bonds. The van der Waals surface area contributed by atoms with Crippen molar-refractivity contribution in [3.8, 4) is 0 Å². The topological polar surface area (TPSA) is 72.2 Å². The number of hydrogen-bond acceptors (Lipinski definition) is 3. The number of ketones is 1. The minimum Gasteiger partial charge on any atom is -0.478 e. The fraction of sp³-hybridized carbons (Fsp3) is 0.296. The molecule has 1 heterocycles. The number of carbonyl (C=O) groups is 2. The zero-order chi connectivity index (χ0) is 23.1. The number of fused-ring (bicyclic) bond motifs is 1. The van der Waals surface area contributed by atoms with Crippen LogP contribution in [0.25, 0.3) is 12.2 Å². The second-order valence-electron chi connectivity index (χ2n) is 9.67. The maximum absolute atomic E-state index is 12.9. The van der Waals surface area contributed by atoms with Gasteiger partial charge in [-0.05, 0) is 65.3 Å². The van der Waals surface area contributed by atoms with Gasteiger partial charge in [-0.25, -0.2) is 4.79 Å². The molecule has 1 aliphatic carbocycles. The van der Waals surface area contributed by atoms with E-state index in [1.807, 2.05) is 36.9 Å². The summed E-state index contributed by atoms with van der Waals surface area (Å²) < 4.78 is 1.88. The number of carboxylic acids is 1. The van der Waals surface area contributed by atoms with Crippen LogP contribution < -0.4 is 0 Å². The lowest BCUT2D eigenvalue weighted by atomic mass is 9.62. The van der Waals surface area contributed by atoms with Crippen LogP contribution in [0.1, 0.15) is 72.3 Å². The molecule has 1 aromatic heterocycles. The molecule has 0 fully saturated rings. The fourth-order valence-electron chi connectivity index (χ4n) is 4.39. The molecule has 0 aliphatic heterocycles. The Bertz CT molecular complexity index is 1200. The summed E-state index contributed by atoms with van der Waals surface area (Å²) in [5.74, 6) is -0.669. The van der Waals surface area contributed by atoms with Gasteiger partial charge in [0.05, 0.1) is 12.1 Å². The van der Waals surface area contributed by atoms with E-state index in [1.165, 1.54) is 5.56 Å². The monoisotopic (exact) mass is 428 g/mol. The Balaban J connectivity index is 1.81. The molecule has 0 bridgehead atoms. The quantitative estimate of drug-likeness (QED) is 0.558. The van der Waals surface area contributed by atoms with Crippen LogP contribution in [0.4, 0.5) is 0 Å². The number of carbonyl (C=O) groups excluding carboxylic acids is 1. The third-order valence-electron chi connectivity index (χ3n) is 6.49. The van der Waals surface area contributed by atoms with E-state index in [-0.39, 0.29) is 16.8 Å². The van der Waals surface area contributed by atoms with Gasteiger partial charge in [0.2, 0.25) is 0 Å². The molecule has 164 valence electrons. The van der Waals surface area contributed by atoms with Crippen LogP contribution in [0.3, 0.4) is 0 Å². The summed E-state index contributed by atoms with van der Waals surface area (Å²) in [5.41, 5.74) is 4.87. The van der Waals surface area contributed by atoms with Gasteiger partial charge in [0.15, 0.2) is 0 Å². The summed E-state index contributed by atoms with van der Waals surface area (Å²) in [7, 11) is 0. The average molecular weight is 429 g/mol. The Morgan fingerprint density at radius 2 is 1.81 bits per heavy atom. The lowest BCUT2D eigenvalue weighted by Gasteiger charge is -2.41. The number of hydrogen-bond donors (Lipinski definition) is 1. The Hall–Kier alpha value is -3.47. The van der Waals surface area contributed by atoms with Crippen molar-refractivity contribution in [2.24, 2.45) is 0 Å². The molecule has 0 spiro atoms. The van der Waals surface area contributed by atoms with Crippen LogP contribution in [0.5, 0.6) is 0 Å². The molecule has 1 N–H and O–H groups in total. The number of aromatic carboxylic acids is 1. The van der Waals surface area contributed by atoms with Crippen molar-refractivity contribution in [1.29, 1.82) is 0 Å². The van der Waals surface area contributed by atoms with Gasteiger partial charge in [-0.3, -0.25) is 9.48 Å². The predicted octanol–water partition coefficient (Wildman–Crippen LogP) is 5.33. The van der Waals surface area contributed by atoms with Gasteiger partial charge >= 0.3 is 5.97 Å². The molecule has 4 rings (SSSR count). The van der Waals surface area contributed by atoms with Gasteiger partial charge in [-0.2, -0.15) is 5.10 Å². The number of Topliss-reactive ketones (excluding diaryl/α,β-unsaturated/α-hetero) is 1. The molecule has 0 atom stereocenters. The van der Waals surface area contributed by atoms with Crippen molar-refractivity contribution in [3.63, 3.8) is 0 Å². The second-order valence-corrected chi connectivity index (χ2v) is 9.67. The number of carboxylic acid groups (broad SMARTS) is 1. The summed E-state index contributed by atoms with van der Waals surface area (Å²) >= 11 is 0. The lowest BCUT2D eigenvalue weighted by molar-refractivity contribution is -0.125. The average Bonchev–Trinajstić information content (AvgIpc) is 3.24. The van der Waals surface area contributed by atoms with Crippen LogP contribution in [0.2, 0.25) is 0 Å². The summed E-state index contributed by atoms with van der Waals surface area (Å²) in [4.78, 5) is 24.0. The third kappa shape index (κ3) is 4.03. The zero-order valence-electron chi connectivity index (χ0n) is 18.9. The minimum atomic E-state index is -0.934. The highest BCUT2D eigenvalue weighted by Gasteiger charge is 2.43. The number of aromatic nitrogens is 2. The third-order valence-corrected chi connectivity index (χ3v) is 6.49. The smallest absolute Gasteiger partial charge is 0.335 e. The molecule has 32 heavy (non-hydrogen) atoms. The zero-order valence-corrected chi connectivity index (χ0v) is 18.9. The van der Waals surface area contributed by atoms with Crippen molar-refractivity contribution >= 4 is 23.9 Å². The van der Waals surface area contributed by atoms with Crippen LogP contribution in [0.15, 0.2) is 54.9 Å². The molecule has 0 saturated carbocycles. The van der Waals surface area contributed by atoms with Gasteiger partial charge < -0.3 is 5.11 Å². The molecule has 0 unspecified atom stereocenters. The van der Waals surface area contributed by atoms with Gasteiger partial charge in [-0.15, -0.1) is 0 Å². The SMILES string of the molecule is CC1(C)CC(=O)C(C)(C)c2cc(Cn3cccn3)c(C=Cc3ccc(C(=O)O)cc3)cc21. The first-order valence-corrected chi connectivity index (χ1v) is 10.8. The summed E-state index contributed by atoms with van der Waals surface area (Å²) in [6.45, 7) is 8.89. The highest BCUT2D eigenvalue weighted by atomic mass is 16.4. The Morgan fingerprint density at radius 3 is 2.44 bits per heavy atom. The van der Waals surface area contributed by atoms with Crippen molar-refractivity contribution in [2.75, 3.05) is 0 Å². The van der Waals surface area contributed by atoms with Gasteiger partial charge in [0.25, 0.3) is 0 Å². The van der Waals surface area contributed by atoms with E-state index in [1.54, 1.807) is 30.5 Å². The largest absolute Gasteiger partial charge is 0.478 e. The van der Waals surface area contributed by atoms with Gasteiger partial charge in [0, 0.05) is 24.2 Å². The normalized spacial score (nSPS) is 16.8. The standard InChI is InChI=1S/C27H28N2O3/c1-26(2)16-24(30)27(3,4)23-15-21(17-29-13-5-12-28-29)20(14-22(23)26)11-8-18-6-9-19(10-7-18)25(31)32/h5-15H,16-17H2,1-4H3,(H,31,32). The van der Waals surface area contributed by atoms with E-state index < -0.39 is 11.4 Å². The van der Waals surface area contributed by atoms with Crippen molar-refractivity contribution < 1.29 is 14.7 Å². The molecule has 1 aliphatic rings. The van der Waals surface area contributed by atoms with Crippen molar-refractivity contribution in [2.45, 2.75) is 51.5 Å². The first-order chi connectivity index (χ1) is 15.1. The summed E-state index contributed by atoms with van der Waals surface area (Å²) in [5, 5.41) is 13.5. The first-order valence-electron chi connectivity index (χ1n) is 10.8. The number of nitrogens with zero attached hydrogens (tertiary/aromatic N) is 2. The molecule has 5 heteroatoms. The predicted molar refractivity (Wildman–Crippen MR) is 126 cm³/mol. The van der Waals surface area contributed by atoms with E-state index in [2.05, 4.69) is 37.2 Å². The second kappa shape index (κ2) is 7.90. The number of rotatable bonds is 5. The Labute approximate surface area is 188 Å². The molecule has 3 aromatic rings. The van der Waals surface area contributed by atoms with E-state index in [4.69, 9.17) is 5.11 Å².